The lowest BCUT2D eigenvalue weighted by Gasteiger charge is -2.23. The maximum Gasteiger partial charge on any atom is 0.243 e. The molecule has 0 spiro atoms. The maximum atomic E-state index is 13.3. The van der Waals surface area contributed by atoms with Crippen LogP contribution in [0.5, 0.6) is 0 Å². The molecule has 0 saturated carbocycles. The van der Waals surface area contributed by atoms with Crippen LogP contribution in [-0.4, -0.2) is 31.7 Å². The first-order chi connectivity index (χ1) is 15.3. The zero-order valence-electron chi connectivity index (χ0n) is 17.5. The van der Waals surface area contributed by atoms with Gasteiger partial charge in [0.2, 0.25) is 15.9 Å². The molecule has 0 bridgehead atoms. The molecule has 0 heterocycles. The highest BCUT2D eigenvalue weighted by Gasteiger charge is 2.27. The number of hydrogen-bond donors (Lipinski definition) is 1. The second kappa shape index (κ2) is 10.7. The van der Waals surface area contributed by atoms with Gasteiger partial charge in [0.25, 0.3) is 0 Å². The summed E-state index contributed by atoms with van der Waals surface area (Å²) in [7, 11) is -3.92. The summed E-state index contributed by atoms with van der Waals surface area (Å²) in [4.78, 5) is 12.8. The third kappa shape index (κ3) is 6.38. The van der Waals surface area contributed by atoms with Crippen molar-refractivity contribution in [3.05, 3.63) is 101 Å². The van der Waals surface area contributed by atoms with Crippen LogP contribution >= 0.6 is 11.6 Å². The summed E-state index contributed by atoms with van der Waals surface area (Å²) in [5.41, 5.74) is 1.68. The number of hydrogen-bond acceptors (Lipinski definition) is 3. The smallest absolute Gasteiger partial charge is 0.243 e. The van der Waals surface area contributed by atoms with Crippen molar-refractivity contribution in [3.63, 3.8) is 0 Å². The van der Waals surface area contributed by atoms with Crippen molar-refractivity contribution in [1.29, 1.82) is 0 Å². The molecule has 3 aromatic rings. The van der Waals surface area contributed by atoms with Crippen LogP contribution in [0.4, 0.5) is 4.39 Å². The van der Waals surface area contributed by atoms with Crippen molar-refractivity contribution in [2.75, 3.05) is 13.1 Å². The van der Waals surface area contributed by atoms with Gasteiger partial charge in [0, 0.05) is 11.6 Å². The molecule has 0 radical (unpaired) electrons. The molecule has 5 nitrogen and oxygen atoms in total. The minimum atomic E-state index is -3.92. The third-order valence-electron chi connectivity index (χ3n) is 5.01. The Kier molecular flexibility index (Phi) is 8.01. The van der Waals surface area contributed by atoms with Crippen LogP contribution in [0.25, 0.3) is 0 Å². The molecule has 1 amide bonds. The molecule has 0 aliphatic heterocycles. The van der Waals surface area contributed by atoms with E-state index in [1.165, 1.54) is 36.4 Å². The number of carbonyl (C=O) groups is 1. The molecule has 3 aromatic carbocycles. The lowest BCUT2D eigenvalue weighted by Crippen LogP contribution is -2.42. The molecule has 168 valence electrons. The fourth-order valence-electron chi connectivity index (χ4n) is 3.22. The van der Waals surface area contributed by atoms with E-state index in [4.69, 9.17) is 11.6 Å². The largest absolute Gasteiger partial charge is 0.348 e. The van der Waals surface area contributed by atoms with E-state index in [0.717, 1.165) is 15.4 Å². The van der Waals surface area contributed by atoms with E-state index in [0.29, 0.717) is 11.4 Å². The van der Waals surface area contributed by atoms with Crippen molar-refractivity contribution in [2.45, 2.75) is 24.3 Å². The maximum absolute atomic E-state index is 13.3. The minimum absolute atomic E-state index is 0.0642. The number of benzene rings is 3. The van der Waals surface area contributed by atoms with Crippen LogP contribution in [0.3, 0.4) is 0 Å². The Morgan fingerprint density at radius 2 is 1.62 bits per heavy atom. The average molecular weight is 475 g/mol. The second-order valence-corrected chi connectivity index (χ2v) is 9.74. The molecule has 3 rings (SSSR count). The van der Waals surface area contributed by atoms with E-state index in [1.54, 1.807) is 19.1 Å². The molecule has 8 heteroatoms. The topological polar surface area (TPSA) is 66.5 Å². The standard InChI is InChI=1S/C24H24ClFN2O3S/c1-18(20-7-11-22(26)12-8-20)27-24(29)17-28(16-15-19-5-3-2-4-6-19)32(30,31)23-13-9-21(25)10-14-23/h2-14,18H,15-17H2,1H3,(H,27,29)/t18-/m0/s1. The predicted octanol–water partition coefficient (Wildman–Crippen LogP) is 4.59. The Morgan fingerprint density at radius 1 is 1.00 bits per heavy atom. The first-order valence-electron chi connectivity index (χ1n) is 10.1. The number of sulfonamides is 1. The van der Waals surface area contributed by atoms with E-state index in [1.807, 2.05) is 30.3 Å². The summed E-state index contributed by atoms with van der Waals surface area (Å²) in [5, 5.41) is 3.21. The lowest BCUT2D eigenvalue weighted by molar-refractivity contribution is -0.121. The van der Waals surface area contributed by atoms with Crippen molar-refractivity contribution in [1.82, 2.24) is 9.62 Å². The molecular formula is C24H24ClFN2O3S. The first-order valence-corrected chi connectivity index (χ1v) is 11.9. The van der Waals surface area contributed by atoms with Gasteiger partial charge in [-0.2, -0.15) is 4.31 Å². The van der Waals surface area contributed by atoms with Gasteiger partial charge in [-0.1, -0.05) is 54.1 Å². The Balaban J connectivity index is 1.77. The van der Waals surface area contributed by atoms with Crippen molar-refractivity contribution >= 4 is 27.5 Å². The van der Waals surface area contributed by atoms with Gasteiger partial charge in [0.1, 0.15) is 5.82 Å². The predicted molar refractivity (Wildman–Crippen MR) is 123 cm³/mol. The van der Waals surface area contributed by atoms with Gasteiger partial charge in [-0.25, -0.2) is 12.8 Å². The molecule has 0 fully saturated rings. The average Bonchev–Trinajstić information content (AvgIpc) is 2.78. The molecule has 1 atom stereocenters. The highest BCUT2D eigenvalue weighted by atomic mass is 35.5. The van der Waals surface area contributed by atoms with Gasteiger partial charge in [0.15, 0.2) is 0 Å². The van der Waals surface area contributed by atoms with E-state index in [9.17, 15) is 17.6 Å². The molecule has 1 N–H and O–H groups in total. The van der Waals surface area contributed by atoms with Crippen molar-refractivity contribution in [3.8, 4) is 0 Å². The summed E-state index contributed by atoms with van der Waals surface area (Å²) in [5.74, 6) is -0.819. The number of nitrogens with one attached hydrogen (secondary N) is 1. The molecule has 0 aliphatic carbocycles. The quantitative estimate of drug-likeness (QED) is 0.493. The summed E-state index contributed by atoms with van der Waals surface area (Å²) in [6, 6.07) is 20.7. The fourth-order valence-corrected chi connectivity index (χ4v) is 4.74. The number of nitrogens with zero attached hydrogens (tertiary/aromatic N) is 1. The summed E-state index contributed by atoms with van der Waals surface area (Å²) in [6.45, 7) is 1.55. The van der Waals surface area contributed by atoms with Crippen molar-refractivity contribution < 1.29 is 17.6 Å². The summed E-state index contributed by atoms with van der Waals surface area (Å²) in [6.07, 6.45) is 0.453. The van der Waals surface area contributed by atoms with Gasteiger partial charge in [0.05, 0.1) is 17.5 Å². The number of carbonyl (C=O) groups excluding carboxylic acids is 1. The zero-order valence-corrected chi connectivity index (χ0v) is 19.1. The summed E-state index contributed by atoms with van der Waals surface area (Å²) < 4.78 is 40.8. The van der Waals surface area contributed by atoms with E-state index in [2.05, 4.69) is 5.32 Å². The van der Waals surface area contributed by atoms with Crippen LogP contribution in [0, 0.1) is 5.82 Å². The Morgan fingerprint density at radius 3 is 2.25 bits per heavy atom. The van der Waals surface area contributed by atoms with Gasteiger partial charge in [-0.3, -0.25) is 4.79 Å². The van der Waals surface area contributed by atoms with Crippen LogP contribution < -0.4 is 5.32 Å². The lowest BCUT2D eigenvalue weighted by atomic mass is 10.1. The molecule has 0 aliphatic rings. The second-order valence-electron chi connectivity index (χ2n) is 7.37. The summed E-state index contributed by atoms with van der Waals surface area (Å²) >= 11 is 5.90. The highest BCUT2D eigenvalue weighted by molar-refractivity contribution is 7.89. The van der Waals surface area contributed by atoms with Crippen LogP contribution in [0.2, 0.25) is 5.02 Å². The molecular weight excluding hydrogens is 451 g/mol. The van der Waals surface area contributed by atoms with E-state index in [-0.39, 0.29) is 23.8 Å². The van der Waals surface area contributed by atoms with Gasteiger partial charge in [-0.15, -0.1) is 0 Å². The third-order valence-corrected chi connectivity index (χ3v) is 7.12. The highest BCUT2D eigenvalue weighted by Crippen LogP contribution is 2.20. The fraction of sp³-hybridized carbons (Fsp3) is 0.208. The van der Waals surface area contributed by atoms with Crippen molar-refractivity contribution in [2.24, 2.45) is 0 Å². The Bertz CT molecular complexity index is 1140. The Hall–Kier alpha value is -2.74. The Labute approximate surface area is 192 Å². The van der Waals surface area contributed by atoms with Crippen LogP contribution in [0.1, 0.15) is 24.1 Å². The van der Waals surface area contributed by atoms with E-state index < -0.39 is 22.0 Å². The van der Waals surface area contributed by atoms with Crippen LogP contribution in [-0.2, 0) is 21.2 Å². The molecule has 0 saturated heterocycles. The van der Waals surface area contributed by atoms with Gasteiger partial charge in [-0.05, 0) is 60.9 Å². The monoisotopic (exact) mass is 474 g/mol. The SMILES string of the molecule is C[C@H](NC(=O)CN(CCc1ccccc1)S(=O)(=O)c1ccc(Cl)cc1)c1ccc(F)cc1. The normalized spacial score (nSPS) is 12.5. The number of halogens is 2. The molecule has 0 unspecified atom stereocenters. The number of amides is 1. The van der Waals surface area contributed by atoms with E-state index >= 15 is 0 Å². The molecule has 32 heavy (non-hydrogen) atoms. The minimum Gasteiger partial charge on any atom is -0.348 e. The van der Waals surface area contributed by atoms with Gasteiger partial charge < -0.3 is 5.32 Å². The zero-order chi connectivity index (χ0) is 23.1. The first kappa shape index (κ1) is 23.9. The van der Waals surface area contributed by atoms with Crippen LogP contribution in [0.15, 0.2) is 83.8 Å². The number of rotatable bonds is 9. The molecule has 0 aromatic heterocycles. The van der Waals surface area contributed by atoms with Gasteiger partial charge >= 0.3 is 0 Å².